The summed E-state index contributed by atoms with van der Waals surface area (Å²) in [4.78, 5) is 6.40. The Morgan fingerprint density at radius 2 is 2.27 bits per heavy atom. The van der Waals surface area contributed by atoms with Crippen molar-refractivity contribution in [3.63, 3.8) is 0 Å². The molecule has 0 aromatic carbocycles. The molecule has 0 aliphatic carbocycles. The van der Waals surface area contributed by atoms with Gasteiger partial charge in [-0.2, -0.15) is 0 Å². The number of nitrogens with zero attached hydrogens (tertiary/aromatic N) is 2. The SMILES string of the molecule is CN1C2CCC1[C@H](c1cncc(F)c1)C2. The average molecular weight is 206 g/mol. The third-order valence-electron chi connectivity index (χ3n) is 4.04. The van der Waals surface area contributed by atoms with Gasteiger partial charge in [-0.1, -0.05) is 0 Å². The third kappa shape index (κ3) is 1.37. The van der Waals surface area contributed by atoms with E-state index in [-0.39, 0.29) is 5.82 Å². The van der Waals surface area contributed by atoms with Crippen LogP contribution in [0.1, 0.15) is 30.7 Å². The molecule has 1 aromatic heterocycles. The lowest BCUT2D eigenvalue weighted by Gasteiger charge is -2.21. The Kier molecular flexibility index (Phi) is 2.02. The Hall–Kier alpha value is -0.960. The largest absolute Gasteiger partial charge is 0.300 e. The zero-order chi connectivity index (χ0) is 10.4. The molecular weight excluding hydrogens is 191 g/mol. The van der Waals surface area contributed by atoms with Crippen LogP contribution in [0.4, 0.5) is 4.39 Å². The molecule has 0 saturated carbocycles. The number of hydrogen-bond donors (Lipinski definition) is 0. The Labute approximate surface area is 89.1 Å². The molecule has 3 rings (SSSR count). The van der Waals surface area contributed by atoms with Crippen molar-refractivity contribution in [2.45, 2.75) is 37.3 Å². The van der Waals surface area contributed by atoms with E-state index in [1.165, 1.54) is 25.5 Å². The van der Waals surface area contributed by atoms with E-state index in [9.17, 15) is 4.39 Å². The van der Waals surface area contributed by atoms with E-state index in [1.54, 1.807) is 6.07 Å². The number of likely N-dealkylation sites (N-methyl/N-ethyl adjacent to an activating group) is 1. The van der Waals surface area contributed by atoms with Gasteiger partial charge in [0.1, 0.15) is 5.82 Å². The molecule has 2 aliphatic rings. The summed E-state index contributed by atoms with van der Waals surface area (Å²) >= 11 is 0. The second kappa shape index (κ2) is 3.27. The summed E-state index contributed by atoms with van der Waals surface area (Å²) < 4.78 is 13.1. The highest BCUT2D eigenvalue weighted by Crippen LogP contribution is 2.45. The number of aromatic nitrogens is 1. The Bertz CT molecular complexity index is 380. The Balaban J connectivity index is 1.90. The first kappa shape index (κ1) is 9.28. The van der Waals surface area contributed by atoms with Crippen molar-refractivity contribution in [1.29, 1.82) is 0 Å². The fourth-order valence-electron chi connectivity index (χ4n) is 3.25. The molecule has 3 heterocycles. The highest BCUT2D eigenvalue weighted by atomic mass is 19.1. The van der Waals surface area contributed by atoms with E-state index in [2.05, 4.69) is 16.9 Å². The van der Waals surface area contributed by atoms with Crippen molar-refractivity contribution < 1.29 is 4.39 Å². The van der Waals surface area contributed by atoms with Crippen LogP contribution in [0.5, 0.6) is 0 Å². The van der Waals surface area contributed by atoms with Crippen LogP contribution in [0.2, 0.25) is 0 Å². The molecule has 3 atom stereocenters. The molecule has 15 heavy (non-hydrogen) atoms. The van der Waals surface area contributed by atoms with Crippen LogP contribution in [-0.4, -0.2) is 29.0 Å². The third-order valence-corrected chi connectivity index (χ3v) is 4.04. The second-order valence-electron chi connectivity index (χ2n) is 4.74. The molecule has 0 spiro atoms. The van der Waals surface area contributed by atoms with Gasteiger partial charge in [-0.25, -0.2) is 4.39 Å². The summed E-state index contributed by atoms with van der Waals surface area (Å²) in [6.07, 6.45) is 6.83. The van der Waals surface area contributed by atoms with Crippen LogP contribution in [0.25, 0.3) is 0 Å². The minimum absolute atomic E-state index is 0.210. The topological polar surface area (TPSA) is 16.1 Å². The lowest BCUT2D eigenvalue weighted by Crippen LogP contribution is -2.25. The van der Waals surface area contributed by atoms with Crippen molar-refractivity contribution in [2.75, 3.05) is 7.05 Å². The van der Waals surface area contributed by atoms with Gasteiger partial charge in [0.05, 0.1) is 6.20 Å². The van der Waals surface area contributed by atoms with Crippen LogP contribution in [0, 0.1) is 5.82 Å². The van der Waals surface area contributed by atoms with Crippen LogP contribution in [-0.2, 0) is 0 Å². The number of pyridine rings is 1. The summed E-state index contributed by atoms with van der Waals surface area (Å²) in [7, 11) is 2.19. The highest BCUT2D eigenvalue weighted by molar-refractivity contribution is 5.22. The predicted octanol–water partition coefficient (Wildman–Crippen LogP) is 2.17. The summed E-state index contributed by atoms with van der Waals surface area (Å²) in [5, 5.41) is 0. The van der Waals surface area contributed by atoms with Gasteiger partial charge >= 0.3 is 0 Å². The van der Waals surface area contributed by atoms with Crippen LogP contribution < -0.4 is 0 Å². The molecule has 1 aromatic rings. The van der Waals surface area contributed by atoms with E-state index < -0.39 is 0 Å². The van der Waals surface area contributed by atoms with Gasteiger partial charge in [-0.05, 0) is 37.9 Å². The van der Waals surface area contributed by atoms with Crippen molar-refractivity contribution in [3.05, 3.63) is 29.8 Å². The first-order chi connectivity index (χ1) is 7.25. The summed E-state index contributed by atoms with van der Waals surface area (Å²) in [6.45, 7) is 0. The zero-order valence-corrected chi connectivity index (χ0v) is 8.86. The molecule has 0 radical (unpaired) electrons. The second-order valence-corrected chi connectivity index (χ2v) is 4.74. The van der Waals surface area contributed by atoms with Gasteiger partial charge in [-0.15, -0.1) is 0 Å². The van der Waals surface area contributed by atoms with E-state index in [0.717, 1.165) is 5.56 Å². The molecule has 0 amide bonds. The van der Waals surface area contributed by atoms with Crippen LogP contribution in [0.3, 0.4) is 0 Å². The van der Waals surface area contributed by atoms with Gasteiger partial charge in [0, 0.05) is 24.2 Å². The van der Waals surface area contributed by atoms with Gasteiger partial charge in [0.25, 0.3) is 0 Å². The predicted molar refractivity (Wildman–Crippen MR) is 56.1 cm³/mol. The highest BCUT2D eigenvalue weighted by Gasteiger charge is 2.44. The quantitative estimate of drug-likeness (QED) is 0.700. The molecule has 2 unspecified atom stereocenters. The first-order valence-electron chi connectivity index (χ1n) is 5.58. The molecule has 3 heteroatoms. The lowest BCUT2D eigenvalue weighted by molar-refractivity contribution is 0.307. The molecule has 2 aliphatic heterocycles. The van der Waals surface area contributed by atoms with Gasteiger partial charge in [-0.3, -0.25) is 9.88 Å². The summed E-state index contributed by atoms with van der Waals surface area (Å²) in [6, 6.07) is 2.97. The normalized spacial score (nSPS) is 34.9. The minimum atomic E-state index is -0.210. The lowest BCUT2D eigenvalue weighted by atomic mass is 9.85. The molecule has 2 fully saturated rings. The molecule has 2 saturated heterocycles. The van der Waals surface area contributed by atoms with Gasteiger partial charge < -0.3 is 0 Å². The van der Waals surface area contributed by atoms with Gasteiger partial charge in [0.2, 0.25) is 0 Å². The summed E-state index contributed by atoms with van der Waals surface area (Å²) in [5.41, 5.74) is 1.08. The standard InChI is InChI=1S/C12H15FN2/c1-15-10-2-3-12(15)11(5-10)8-4-9(13)7-14-6-8/h4,6-7,10-12H,2-3,5H2,1H3/t10?,11-,12?/m0/s1. The Morgan fingerprint density at radius 1 is 1.40 bits per heavy atom. The van der Waals surface area contributed by atoms with Crippen molar-refractivity contribution in [2.24, 2.45) is 0 Å². The maximum atomic E-state index is 13.1. The van der Waals surface area contributed by atoms with Crippen LogP contribution in [0.15, 0.2) is 18.5 Å². The van der Waals surface area contributed by atoms with E-state index in [1.807, 2.05) is 6.20 Å². The minimum Gasteiger partial charge on any atom is -0.300 e. The molecule has 80 valence electrons. The zero-order valence-electron chi connectivity index (χ0n) is 8.86. The number of rotatable bonds is 1. The van der Waals surface area contributed by atoms with E-state index in [0.29, 0.717) is 18.0 Å². The molecule has 2 bridgehead atoms. The summed E-state index contributed by atoms with van der Waals surface area (Å²) in [5.74, 6) is 0.287. The molecule has 2 nitrogen and oxygen atoms in total. The fourth-order valence-corrected chi connectivity index (χ4v) is 3.25. The molecule has 0 N–H and O–H groups in total. The van der Waals surface area contributed by atoms with E-state index >= 15 is 0 Å². The maximum Gasteiger partial charge on any atom is 0.141 e. The number of fused-ring (bicyclic) bond motifs is 2. The average Bonchev–Trinajstić information content (AvgIpc) is 2.74. The maximum absolute atomic E-state index is 13.1. The number of hydrogen-bond acceptors (Lipinski definition) is 2. The first-order valence-corrected chi connectivity index (χ1v) is 5.58. The van der Waals surface area contributed by atoms with Crippen molar-refractivity contribution >= 4 is 0 Å². The monoisotopic (exact) mass is 206 g/mol. The Morgan fingerprint density at radius 3 is 2.87 bits per heavy atom. The van der Waals surface area contributed by atoms with E-state index in [4.69, 9.17) is 0 Å². The van der Waals surface area contributed by atoms with Crippen molar-refractivity contribution in [3.8, 4) is 0 Å². The fraction of sp³-hybridized carbons (Fsp3) is 0.583. The molecular formula is C12H15FN2. The van der Waals surface area contributed by atoms with Crippen molar-refractivity contribution in [1.82, 2.24) is 9.88 Å². The number of halogens is 1. The smallest absolute Gasteiger partial charge is 0.141 e. The van der Waals surface area contributed by atoms with Gasteiger partial charge in [0.15, 0.2) is 0 Å². The van der Waals surface area contributed by atoms with Crippen LogP contribution >= 0.6 is 0 Å².